The van der Waals surface area contributed by atoms with E-state index in [0.29, 0.717) is 6.61 Å². The third-order valence-corrected chi connectivity index (χ3v) is 0.477. The summed E-state index contributed by atoms with van der Waals surface area (Å²) in [6.45, 7) is 0.649. The lowest BCUT2D eigenvalue weighted by molar-refractivity contribution is 0.443. The van der Waals surface area contributed by atoms with Gasteiger partial charge in [0.05, 0.1) is 12.7 Å². The minimum atomic E-state index is -0.0602. The molecule has 1 rings (SSSR count). The van der Waals surface area contributed by atoms with Crippen LogP contribution in [0.3, 0.4) is 0 Å². The van der Waals surface area contributed by atoms with Gasteiger partial charge in [-0.1, -0.05) is 7.43 Å². The van der Waals surface area contributed by atoms with Crippen LogP contribution in [0, 0.1) is 11.3 Å². The summed E-state index contributed by atoms with van der Waals surface area (Å²) < 4.78 is 4.50. The molecule has 0 aromatic heterocycles. The Balaban J connectivity index is 0.000000250. The molecule has 0 bridgehead atoms. The van der Waals surface area contributed by atoms with Gasteiger partial charge < -0.3 is 4.74 Å². The van der Waals surface area contributed by atoms with Crippen LogP contribution >= 0.6 is 0 Å². The Morgan fingerprint density at radius 2 is 2.33 bits per heavy atom. The molecule has 0 aromatic rings. The molecule has 1 unspecified atom stereocenters. The summed E-state index contributed by atoms with van der Waals surface area (Å²) in [4.78, 5) is 0. The molecule has 1 aliphatic heterocycles. The van der Waals surface area contributed by atoms with Crippen molar-refractivity contribution in [2.24, 2.45) is 0 Å². The van der Waals surface area contributed by atoms with Crippen molar-refractivity contribution in [3.63, 3.8) is 0 Å². The predicted octanol–water partition coefficient (Wildman–Crippen LogP) is 0.545. The van der Waals surface area contributed by atoms with Crippen LogP contribution in [0.25, 0.3) is 0 Å². The van der Waals surface area contributed by atoms with E-state index in [2.05, 4.69) is 4.74 Å². The normalized spacial score (nSPS) is 26.8. The zero-order valence-electron chi connectivity index (χ0n) is 2.64. The van der Waals surface area contributed by atoms with E-state index in [4.69, 9.17) is 5.26 Å². The number of epoxide rings is 1. The summed E-state index contributed by atoms with van der Waals surface area (Å²) in [5, 5.41) is 7.83. The molecule has 6 heavy (non-hydrogen) atoms. The van der Waals surface area contributed by atoms with Crippen LogP contribution in [0.4, 0.5) is 0 Å². The van der Waals surface area contributed by atoms with Crippen LogP contribution in [0.5, 0.6) is 0 Å². The molecule has 0 aliphatic carbocycles. The van der Waals surface area contributed by atoms with Gasteiger partial charge in [-0.25, -0.2) is 0 Å². The van der Waals surface area contributed by atoms with Crippen LogP contribution in [-0.2, 0) is 4.74 Å². The van der Waals surface area contributed by atoms with E-state index in [9.17, 15) is 0 Å². The SMILES string of the molecule is C.N#CC1CO1. The lowest BCUT2D eigenvalue weighted by Gasteiger charge is -1.49. The first-order chi connectivity index (χ1) is 2.43. The fourth-order valence-electron chi connectivity index (χ4n) is 0.123. The van der Waals surface area contributed by atoms with E-state index in [1.54, 1.807) is 0 Å². The van der Waals surface area contributed by atoms with Crippen molar-refractivity contribution in [1.82, 2.24) is 0 Å². The van der Waals surface area contributed by atoms with Crippen molar-refractivity contribution >= 4 is 0 Å². The maximum absolute atomic E-state index is 7.83. The third kappa shape index (κ3) is 1.05. The fourth-order valence-corrected chi connectivity index (χ4v) is 0.123. The Hall–Kier alpha value is -0.550. The second kappa shape index (κ2) is 1.78. The van der Waals surface area contributed by atoms with Crippen LogP contribution in [-0.4, -0.2) is 12.7 Å². The first-order valence-corrected chi connectivity index (χ1v) is 1.44. The van der Waals surface area contributed by atoms with Gasteiger partial charge in [0.25, 0.3) is 0 Å². The van der Waals surface area contributed by atoms with E-state index in [1.165, 1.54) is 0 Å². The number of hydrogen-bond donors (Lipinski definition) is 0. The van der Waals surface area contributed by atoms with Crippen LogP contribution in [0.2, 0.25) is 0 Å². The van der Waals surface area contributed by atoms with Gasteiger partial charge >= 0.3 is 0 Å². The predicted molar refractivity (Wildman–Crippen MR) is 22.1 cm³/mol. The van der Waals surface area contributed by atoms with Crippen LogP contribution < -0.4 is 0 Å². The third-order valence-electron chi connectivity index (χ3n) is 0.477. The second-order valence-corrected chi connectivity index (χ2v) is 0.951. The topological polar surface area (TPSA) is 36.3 Å². The highest BCUT2D eigenvalue weighted by molar-refractivity contribution is 4.92. The minimum Gasteiger partial charge on any atom is -0.357 e. The summed E-state index contributed by atoms with van der Waals surface area (Å²) >= 11 is 0. The van der Waals surface area contributed by atoms with Gasteiger partial charge in [-0.05, 0) is 0 Å². The summed E-state index contributed by atoms with van der Waals surface area (Å²) in [6.07, 6.45) is -0.0602. The smallest absolute Gasteiger partial charge is 0.167 e. The first kappa shape index (κ1) is 5.45. The van der Waals surface area contributed by atoms with Gasteiger partial charge in [-0.2, -0.15) is 5.26 Å². The van der Waals surface area contributed by atoms with Crippen molar-refractivity contribution in [3.05, 3.63) is 0 Å². The zero-order chi connectivity index (χ0) is 3.70. The van der Waals surface area contributed by atoms with Gasteiger partial charge in [-0.3, -0.25) is 0 Å². The monoisotopic (exact) mass is 85.1 g/mol. The van der Waals surface area contributed by atoms with Gasteiger partial charge in [0.1, 0.15) is 0 Å². The van der Waals surface area contributed by atoms with Crippen LogP contribution in [0.15, 0.2) is 0 Å². The van der Waals surface area contributed by atoms with Gasteiger partial charge in [-0.15, -0.1) is 0 Å². The Morgan fingerprint density at radius 1 is 1.83 bits per heavy atom. The molecule has 1 aliphatic rings. The van der Waals surface area contributed by atoms with E-state index in [0.717, 1.165) is 0 Å². The molecule has 1 heterocycles. The molecule has 0 spiro atoms. The summed E-state index contributed by atoms with van der Waals surface area (Å²) in [7, 11) is 0. The lowest BCUT2D eigenvalue weighted by Crippen LogP contribution is -1.67. The summed E-state index contributed by atoms with van der Waals surface area (Å²) in [6, 6.07) is 1.92. The highest BCUT2D eigenvalue weighted by Gasteiger charge is 2.20. The van der Waals surface area contributed by atoms with E-state index >= 15 is 0 Å². The maximum atomic E-state index is 7.83. The standard InChI is InChI=1S/C3H3NO.CH4/c4-1-3-2-5-3;/h3H,2H2;1H4. The molecule has 2 heteroatoms. The average molecular weight is 85.1 g/mol. The van der Waals surface area contributed by atoms with Gasteiger partial charge in [0, 0.05) is 0 Å². The van der Waals surface area contributed by atoms with Crippen molar-refractivity contribution < 1.29 is 4.74 Å². The molecule has 0 saturated carbocycles. The molecular weight excluding hydrogens is 78.0 g/mol. The van der Waals surface area contributed by atoms with Crippen molar-refractivity contribution in [1.29, 1.82) is 5.26 Å². The molecule has 1 saturated heterocycles. The number of rotatable bonds is 0. The molecule has 0 amide bonds. The Kier molecular flexibility index (Phi) is 1.62. The molecule has 34 valence electrons. The van der Waals surface area contributed by atoms with E-state index < -0.39 is 0 Å². The Labute approximate surface area is 37.3 Å². The zero-order valence-corrected chi connectivity index (χ0v) is 2.64. The van der Waals surface area contributed by atoms with Crippen molar-refractivity contribution in [3.8, 4) is 6.07 Å². The summed E-state index contributed by atoms with van der Waals surface area (Å²) in [5.74, 6) is 0. The highest BCUT2D eigenvalue weighted by atomic mass is 16.6. The first-order valence-electron chi connectivity index (χ1n) is 1.44. The largest absolute Gasteiger partial charge is 0.357 e. The number of nitriles is 1. The van der Waals surface area contributed by atoms with Gasteiger partial charge in [0.15, 0.2) is 6.10 Å². The van der Waals surface area contributed by atoms with E-state index in [-0.39, 0.29) is 13.5 Å². The molecule has 1 atom stereocenters. The molecule has 2 nitrogen and oxygen atoms in total. The van der Waals surface area contributed by atoms with Crippen molar-refractivity contribution in [2.75, 3.05) is 6.61 Å². The van der Waals surface area contributed by atoms with E-state index in [1.807, 2.05) is 6.07 Å². The molecular formula is C4H7NO. The van der Waals surface area contributed by atoms with Gasteiger partial charge in [0.2, 0.25) is 0 Å². The molecule has 0 aromatic carbocycles. The Morgan fingerprint density at radius 3 is 2.33 bits per heavy atom. The minimum absolute atomic E-state index is 0. The number of nitrogens with zero attached hydrogens (tertiary/aromatic N) is 1. The average Bonchev–Trinajstić information content (AvgIpc) is 2.12. The number of ether oxygens (including phenoxy) is 1. The lowest BCUT2D eigenvalue weighted by atomic mass is 10.6. The summed E-state index contributed by atoms with van der Waals surface area (Å²) in [5.41, 5.74) is 0. The molecule has 1 fully saturated rings. The molecule has 0 N–H and O–H groups in total. The number of hydrogen-bond acceptors (Lipinski definition) is 2. The highest BCUT2D eigenvalue weighted by Crippen LogP contribution is 2.04. The van der Waals surface area contributed by atoms with Crippen LogP contribution in [0.1, 0.15) is 7.43 Å². The molecule has 0 radical (unpaired) electrons. The maximum Gasteiger partial charge on any atom is 0.167 e. The van der Waals surface area contributed by atoms with Crippen molar-refractivity contribution in [2.45, 2.75) is 13.5 Å². The fraction of sp³-hybridized carbons (Fsp3) is 0.750. The Bertz CT molecular complexity index is 70.1. The second-order valence-electron chi connectivity index (χ2n) is 0.951. The quantitative estimate of drug-likeness (QED) is 0.402.